The molecule has 6 heteroatoms. The molecule has 0 heterocycles. The summed E-state index contributed by atoms with van der Waals surface area (Å²) in [5.74, 6) is 2.34. The van der Waals surface area contributed by atoms with Gasteiger partial charge in [0.05, 0.1) is 21.3 Å². The van der Waals surface area contributed by atoms with Gasteiger partial charge in [0.15, 0.2) is 16.6 Å². The third kappa shape index (κ3) is 5.26. The summed E-state index contributed by atoms with van der Waals surface area (Å²) in [5.41, 5.74) is 2.13. The van der Waals surface area contributed by atoms with Gasteiger partial charge >= 0.3 is 0 Å². The lowest BCUT2D eigenvalue weighted by molar-refractivity contribution is 0.351. The maximum absolute atomic E-state index is 5.44. The lowest BCUT2D eigenvalue weighted by Gasteiger charge is -2.14. The highest BCUT2D eigenvalue weighted by Gasteiger charge is 2.09. The molecule has 0 aliphatic rings. The second kappa shape index (κ2) is 9.74. The summed E-state index contributed by atoms with van der Waals surface area (Å²) in [4.78, 5) is 0. The number of para-hydroxylation sites is 2. The Balaban J connectivity index is 1.83. The molecule has 0 fully saturated rings. The number of methoxy groups -OCH3 is 3. The molecule has 0 radical (unpaired) electrons. The molecule has 0 aromatic heterocycles. The number of nitrogens with one attached hydrogen (secondary N) is 2. The molecular weight excluding hydrogens is 336 g/mol. The van der Waals surface area contributed by atoms with Crippen LogP contribution >= 0.6 is 12.2 Å². The molecule has 25 heavy (non-hydrogen) atoms. The number of benzene rings is 2. The summed E-state index contributed by atoms with van der Waals surface area (Å²) in [6, 6.07) is 13.7. The van der Waals surface area contributed by atoms with Gasteiger partial charge in [-0.1, -0.05) is 30.3 Å². The minimum Gasteiger partial charge on any atom is -0.496 e. The Labute approximate surface area is 154 Å². The first-order valence-corrected chi connectivity index (χ1v) is 8.44. The van der Waals surface area contributed by atoms with Gasteiger partial charge in [0.2, 0.25) is 0 Å². The Bertz CT molecular complexity index is 707. The van der Waals surface area contributed by atoms with Crippen LogP contribution < -0.4 is 24.8 Å². The van der Waals surface area contributed by atoms with Crippen molar-refractivity contribution in [2.75, 3.05) is 27.9 Å². The lowest BCUT2D eigenvalue weighted by atomic mass is 10.1. The van der Waals surface area contributed by atoms with E-state index < -0.39 is 0 Å². The van der Waals surface area contributed by atoms with Gasteiger partial charge in [-0.05, 0) is 36.3 Å². The van der Waals surface area contributed by atoms with Crippen LogP contribution in [0.4, 0.5) is 0 Å². The summed E-state index contributed by atoms with van der Waals surface area (Å²) in [5, 5.41) is 7.01. The van der Waals surface area contributed by atoms with Gasteiger partial charge in [-0.2, -0.15) is 0 Å². The van der Waals surface area contributed by atoms with Crippen LogP contribution in [-0.2, 0) is 13.0 Å². The highest BCUT2D eigenvalue weighted by atomic mass is 32.1. The quantitative estimate of drug-likeness (QED) is 0.706. The Morgan fingerprint density at radius 3 is 2.24 bits per heavy atom. The van der Waals surface area contributed by atoms with Crippen molar-refractivity contribution in [1.29, 1.82) is 0 Å². The van der Waals surface area contributed by atoms with E-state index in [1.807, 2.05) is 42.5 Å². The van der Waals surface area contributed by atoms with E-state index in [2.05, 4.69) is 10.6 Å². The van der Waals surface area contributed by atoms with E-state index in [0.717, 1.165) is 34.8 Å². The molecule has 0 aliphatic carbocycles. The molecule has 0 saturated heterocycles. The minimum absolute atomic E-state index is 0.604. The predicted molar refractivity (Wildman–Crippen MR) is 104 cm³/mol. The molecule has 0 unspecified atom stereocenters. The third-order valence-corrected chi connectivity index (χ3v) is 4.08. The van der Waals surface area contributed by atoms with Crippen molar-refractivity contribution in [3.8, 4) is 17.2 Å². The second-order valence-corrected chi connectivity index (χ2v) is 5.73. The van der Waals surface area contributed by atoms with E-state index in [1.54, 1.807) is 21.3 Å². The van der Waals surface area contributed by atoms with Crippen molar-refractivity contribution < 1.29 is 14.2 Å². The molecule has 0 bridgehead atoms. The average molecular weight is 360 g/mol. The molecule has 2 rings (SSSR count). The summed E-state index contributed by atoms with van der Waals surface area (Å²) in [7, 11) is 4.95. The van der Waals surface area contributed by atoms with Crippen LogP contribution in [0.3, 0.4) is 0 Å². The highest BCUT2D eigenvalue weighted by molar-refractivity contribution is 7.80. The minimum atomic E-state index is 0.604. The van der Waals surface area contributed by atoms with Gasteiger partial charge in [-0.3, -0.25) is 0 Å². The summed E-state index contributed by atoms with van der Waals surface area (Å²) in [6.45, 7) is 1.31. The smallest absolute Gasteiger partial charge is 0.166 e. The first kappa shape index (κ1) is 18.9. The highest BCUT2D eigenvalue weighted by Crippen LogP contribution is 2.30. The maximum atomic E-state index is 5.44. The molecule has 0 aliphatic heterocycles. The fraction of sp³-hybridized carbons (Fsp3) is 0.316. The fourth-order valence-electron chi connectivity index (χ4n) is 2.55. The standard InChI is InChI=1S/C19H24N2O3S/c1-22-16-9-5-4-7-15(16)13-21-19(25)20-12-11-14-8-6-10-17(23-2)18(14)24-3/h4-10H,11-13H2,1-3H3,(H2,20,21,25). The van der Waals surface area contributed by atoms with Crippen LogP contribution in [-0.4, -0.2) is 33.0 Å². The van der Waals surface area contributed by atoms with Crippen LogP contribution in [0.5, 0.6) is 17.2 Å². The van der Waals surface area contributed by atoms with Crippen molar-refractivity contribution in [2.45, 2.75) is 13.0 Å². The normalized spacial score (nSPS) is 10.0. The van der Waals surface area contributed by atoms with Gasteiger partial charge in [0, 0.05) is 18.7 Å². The van der Waals surface area contributed by atoms with Gasteiger partial charge in [-0.15, -0.1) is 0 Å². The first-order chi connectivity index (χ1) is 12.2. The van der Waals surface area contributed by atoms with Crippen LogP contribution in [0.15, 0.2) is 42.5 Å². The van der Waals surface area contributed by atoms with E-state index in [0.29, 0.717) is 18.2 Å². The summed E-state index contributed by atoms with van der Waals surface area (Å²) < 4.78 is 16.1. The van der Waals surface area contributed by atoms with Gasteiger partial charge in [0.25, 0.3) is 0 Å². The zero-order valence-electron chi connectivity index (χ0n) is 14.8. The molecular formula is C19H24N2O3S. The van der Waals surface area contributed by atoms with Crippen molar-refractivity contribution in [3.63, 3.8) is 0 Å². The van der Waals surface area contributed by atoms with Crippen LogP contribution in [0.1, 0.15) is 11.1 Å². The molecule has 2 aromatic rings. The topological polar surface area (TPSA) is 51.8 Å². The summed E-state index contributed by atoms with van der Waals surface area (Å²) in [6.07, 6.45) is 0.775. The van der Waals surface area contributed by atoms with Crippen LogP contribution in [0, 0.1) is 0 Å². The van der Waals surface area contributed by atoms with Crippen molar-refractivity contribution in [1.82, 2.24) is 10.6 Å². The average Bonchev–Trinajstić information content (AvgIpc) is 2.66. The molecule has 0 spiro atoms. The molecule has 2 aromatic carbocycles. The molecule has 0 amide bonds. The number of rotatable bonds is 8. The van der Waals surface area contributed by atoms with Crippen LogP contribution in [0.2, 0.25) is 0 Å². The largest absolute Gasteiger partial charge is 0.496 e. The monoisotopic (exact) mass is 360 g/mol. The summed E-state index contributed by atoms with van der Waals surface area (Å²) >= 11 is 5.34. The molecule has 2 N–H and O–H groups in total. The zero-order valence-corrected chi connectivity index (χ0v) is 15.6. The molecule has 0 saturated carbocycles. The Morgan fingerprint density at radius 2 is 1.52 bits per heavy atom. The zero-order chi connectivity index (χ0) is 18.1. The Morgan fingerprint density at radius 1 is 0.840 bits per heavy atom. The van der Waals surface area contributed by atoms with Gasteiger partial charge < -0.3 is 24.8 Å². The van der Waals surface area contributed by atoms with E-state index in [1.165, 1.54) is 0 Å². The van der Waals surface area contributed by atoms with Crippen molar-refractivity contribution in [2.24, 2.45) is 0 Å². The molecule has 0 atom stereocenters. The third-order valence-electron chi connectivity index (χ3n) is 3.80. The number of ether oxygens (including phenoxy) is 3. The number of hydrogen-bond donors (Lipinski definition) is 2. The van der Waals surface area contributed by atoms with Gasteiger partial charge in [0.1, 0.15) is 5.75 Å². The lowest BCUT2D eigenvalue weighted by Crippen LogP contribution is -2.36. The van der Waals surface area contributed by atoms with Gasteiger partial charge in [-0.25, -0.2) is 0 Å². The number of thiocarbonyl (C=S) groups is 1. The van der Waals surface area contributed by atoms with E-state index in [4.69, 9.17) is 26.4 Å². The Kier molecular flexibility index (Phi) is 7.35. The second-order valence-electron chi connectivity index (χ2n) is 5.32. The van der Waals surface area contributed by atoms with Crippen LogP contribution in [0.25, 0.3) is 0 Å². The van der Waals surface area contributed by atoms with E-state index in [-0.39, 0.29) is 0 Å². The van der Waals surface area contributed by atoms with E-state index in [9.17, 15) is 0 Å². The molecule has 5 nitrogen and oxygen atoms in total. The SMILES string of the molecule is COc1ccccc1CNC(=S)NCCc1cccc(OC)c1OC. The van der Waals surface area contributed by atoms with Crippen molar-refractivity contribution >= 4 is 17.3 Å². The Hall–Kier alpha value is -2.47. The number of hydrogen-bond acceptors (Lipinski definition) is 4. The predicted octanol–water partition coefficient (Wildman–Crippen LogP) is 2.92. The maximum Gasteiger partial charge on any atom is 0.166 e. The molecule has 134 valence electrons. The fourth-order valence-corrected chi connectivity index (χ4v) is 2.72. The first-order valence-electron chi connectivity index (χ1n) is 8.03. The van der Waals surface area contributed by atoms with Crippen molar-refractivity contribution in [3.05, 3.63) is 53.6 Å². The van der Waals surface area contributed by atoms with E-state index >= 15 is 0 Å².